The summed E-state index contributed by atoms with van der Waals surface area (Å²) >= 11 is 0. The van der Waals surface area contributed by atoms with E-state index in [1.807, 2.05) is 45.3 Å². The lowest BCUT2D eigenvalue weighted by atomic mass is 10.1. The van der Waals surface area contributed by atoms with Crippen molar-refractivity contribution in [3.05, 3.63) is 53.6 Å². The first-order valence-corrected chi connectivity index (χ1v) is 9.07. The number of hydrogen-bond donors (Lipinski definition) is 2. The third-order valence-corrected chi connectivity index (χ3v) is 4.31. The van der Waals surface area contributed by atoms with E-state index in [9.17, 15) is 4.79 Å². The van der Waals surface area contributed by atoms with Gasteiger partial charge in [0.05, 0.1) is 25.4 Å². The SMILES string of the molecule is CCCOc1ccc(C(=O)NCC(c2ccc(OC)cc2)N(C)C)cc1N. The number of rotatable bonds is 9. The van der Waals surface area contributed by atoms with Crippen LogP contribution in [0.4, 0.5) is 5.69 Å². The highest BCUT2D eigenvalue weighted by molar-refractivity contribution is 5.95. The second kappa shape index (κ2) is 9.83. The first kappa shape index (κ1) is 20.6. The third-order valence-electron chi connectivity index (χ3n) is 4.31. The Hall–Kier alpha value is -2.73. The van der Waals surface area contributed by atoms with Crippen molar-refractivity contribution in [2.24, 2.45) is 0 Å². The molecule has 146 valence electrons. The maximum Gasteiger partial charge on any atom is 0.251 e. The van der Waals surface area contributed by atoms with Gasteiger partial charge < -0.3 is 25.4 Å². The van der Waals surface area contributed by atoms with E-state index >= 15 is 0 Å². The Labute approximate surface area is 161 Å². The summed E-state index contributed by atoms with van der Waals surface area (Å²) in [5.41, 5.74) is 8.08. The van der Waals surface area contributed by atoms with Gasteiger partial charge in [0.15, 0.2) is 0 Å². The molecule has 0 saturated carbocycles. The highest BCUT2D eigenvalue weighted by atomic mass is 16.5. The Morgan fingerprint density at radius 3 is 2.44 bits per heavy atom. The normalized spacial score (nSPS) is 11.9. The average Bonchev–Trinajstić information content (AvgIpc) is 2.67. The third kappa shape index (κ3) is 5.62. The van der Waals surface area contributed by atoms with Gasteiger partial charge in [-0.3, -0.25) is 4.79 Å². The number of nitrogens with two attached hydrogens (primary N) is 1. The quantitative estimate of drug-likeness (QED) is 0.663. The predicted octanol–water partition coefficient (Wildman–Crippen LogP) is 3.10. The lowest BCUT2D eigenvalue weighted by Crippen LogP contribution is -2.34. The van der Waals surface area contributed by atoms with E-state index < -0.39 is 0 Å². The van der Waals surface area contributed by atoms with Crippen molar-refractivity contribution in [3.63, 3.8) is 0 Å². The van der Waals surface area contributed by atoms with Gasteiger partial charge in [-0.2, -0.15) is 0 Å². The Balaban J connectivity index is 2.03. The number of ether oxygens (including phenoxy) is 2. The van der Waals surface area contributed by atoms with E-state index in [1.165, 1.54) is 0 Å². The van der Waals surface area contributed by atoms with Crippen LogP contribution >= 0.6 is 0 Å². The Morgan fingerprint density at radius 2 is 1.89 bits per heavy atom. The summed E-state index contributed by atoms with van der Waals surface area (Å²) < 4.78 is 10.8. The van der Waals surface area contributed by atoms with Gasteiger partial charge in [0, 0.05) is 12.1 Å². The first-order valence-electron chi connectivity index (χ1n) is 9.07. The van der Waals surface area contributed by atoms with Crippen molar-refractivity contribution < 1.29 is 14.3 Å². The van der Waals surface area contributed by atoms with Crippen LogP contribution in [0.1, 0.15) is 35.3 Å². The molecule has 3 N–H and O–H groups in total. The van der Waals surface area contributed by atoms with Crippen molar-refractivity contribution in [3.8, 4) is 11.5 Å². The molecule has 0 spiro atoms. The van der Waals surface area contributed by atoms with Crippen molar-refractivity contribution in [2.75, 3.05) is 40.1 Å². The molecule has 6 nitrogen and oxygen atoms in total. The molecule has 0 aromatic heterocycles. The van der Waals surface area contributed by atoms with E-state index in [0.29, 0.717) is 30.2 Å². The molecule has 0 aliphatic heterocycles. The number of amides is 1. The fourth-order valence-corrected chi connectivity index (χ4v) is 2.75. The van der Waals surface area contributed by atoms with Crippen LogP contribution in [0.5, 0.6) is 11.5 Å². The van der Waals surface area contributed by atoms with Gasteiger partial charge in [0.1, 0.15) is 11.5 Å². The smallest absolute Gasteiger partial charge is 0.251 e. The van der Waals surface area contributed by atoms with E-state index in [-0.39, 0.29) is 11.9 Å². The molecule has 1 amide bonds. The van der Waals surface area contributed by atoms with Crippen LogP contribution in [0.2, 0.25) is 0 Å². The number of nitrogens with zero attached hydrogens (tertiary/aromatic N) is 1. The molecule has 0 bridgehead atoms. The summed E-state index contributed by atoms with van der Waals surface area (Å²) in [5.74, 6) is 1.25. The average molecular weight is 371 g/mol. The molecule has 0 aliphatic rings. The molecule has 0 aliphatic carbocycles. The zero-order valence-corrected chi connectivity index (χ0v) is 16.5. The zero-order chi connectivity index (χ0) is 19.8. The summed E-state index contributed by atoms with van der Waals surface area (Å²) in [4.78, 5) is 14.6. The van der Waals surface area contributed by atoms with Gasteiger partial charge in [0.25, 0.3) is 5.91 Å². The molecule has 0 radical (unpaired) electrons. The van der Waals surface area contributed by atoms with Crippen LogP contribution < -0.4 is 20.5 Å². The minimum Gasteiger partial charge on any atom is -0.497 e. The minimum atomic E-state index is -0.163. The second-order valence-corrected chi connectivity index (χ2v) is 6.56. The lowest BCUT2D eigenvalue weighted by molar-refractivity contribution is 0.0942. The molecule has 2 rings (SSSR count). The van der Waals surface area contributed by atoms with Gasteiger partial charge in [-0.25, -0.2) is 0 Å². The second-order valence-electron chi connectivity index (χ2n) is 6.56. The number of carbonyl (C=O) groups is 1. The van der Waals surface area contributed by atoms with E-state index in [4.69, 9.17) is 15.2 Å². The van der Waals surface area contributed by atoms with Gasteiger partial charge in [0.2, 0.25) is 0 Å². The van der Waals surface area contributed by atoms with E-state index in [2.05, 4.69) is 10.2 Å². The molecule has 6 heteroatoms. The van der Waals surface area contributed by atoms with Crippen molar-refractivity contribution in [1.29, 1.82) is 0 Å². The van der Waals surface area contributed by atoms with Crippen LogP contribution in [0, 0.1) is 0 Å². The molecule has 0 fully saturated rings. The fraction of sp³-hybridized carbons (Fsp3) is 0.381. The standard InChI is InChI=1S/C21H29N3O3/c1-5-12-27-20-11-8-16(13-18(20)22)21(25)23-14-19(24(2)3)15-6-9-17(26-4)10-7-15/h6-11,13,19H,5,12,14,22H2,1-4H3,(H,23,25). The van der Waals surface area contributed by atoms with Gasteiger partial charge in [-0.15, -0.1) is 0 Å². The number of hydrogen-bond acceptors (Lipinski definition) is 5. The molecule has 0 saturated heterocycles. The molecule has 1 atom stereocenters. The summed E-state index contributed by atoms with van der Waals surface area (Å²) in [6.07, 6.45) is 0.902. The summed E-state index contributed by atoms with van der Waals surface area (Å²) in [6.45, 7) is 3.11. The Morgan fingerprint density at radius 1 is 1.19 bits per heavy atom. The molecular formula is C21H29N3O3. The molecule has 0 heterocycles. The summed E-state index contributed by atoms with van der Waals surface area (Å²) in [6, 6.07) is 13.0. The molecular weight excluding hydrogens is 342 g/mol. The Kier molecular flexibility index (Phi) is 7.49. The Bertz CT molecular complexity index is 745. The lowest BCUT2D eigenvalue weighted by Gasteiger charge is -2.25. The predicted molar refractivity (Wildman–Crippen MR) is 108 cm³/mol. The molecule has 2 aromatic rings. The van der Waals surface area contributed by atoms with Crippen molar-refractivity contribution in [1.82, 2.24) is 10.2 Å². The number of methoxy groups -OCH3 is 1. The number of carbonyl (C=O) groups excluding carboxylic acids is 1. The monoisotopic (exact) mass is 371 g/mol. The number of anilines is 1. The maximum atomic E-state index is 12.5. The summed E-state index contributed by atoms with van der Waals surface area (Å²) in [5, 5.41) is 2.99. The molecule has 27 heavy (non-hydrogen) atoms. The van der Waals surface area contributed by atoms with Gasteiger partial charge in [-0.05, 0) is 56.4 Å². The van der Waals surface area contributed by atoms with Crippen LogP contribution in [-0.4, -0.2) is 45.2 Å². The largest absolute Gasteiger partial charge is 0.497 e. The van der Waals surface area contributed by atoms with Gasteiger partial charge in [-0.1, -0.05) is 19.1 Å². The number of benzene rings is 2. The number of nitrogens with one attached hydrogen (secondary N) is 1. The highest BCUT2D eigenvalue weighted by Crippen LogP contribution is 2.23. The van der Waals surface area contributed by atoms with Crippen molar-refractivity contribution in [2.45, 2.75) is 19.4 Å². The topological polar surface area (TPSA) is 76.8 Å². The van der Waals surface area contributed by atoms with Crippen LogP contribution in [0.15, 0.2) is 42.5 Å². The highest BCUT2D eigenvalue weighted by Gasteiger charge is 2.16. The minimum absolute atomic E-state index is 0.0457. The fourth-order valence-electron chi connectivity index (χ4n) is 2.75. The van der Waals surface area contributed by atoms with Gasteiger partial charge >= 0.3 is 0 Å². The van der Waals surface area contributed by atoms with E-state index in [0.717, 1.165) is 17.7 Å². The molecule has 1 unspecified atom stereocenters. The summed E-state index contributed by atoms with van der Waals surface area (Å²) in [7, 11) is 5.61. The first-order chi connectivity index (χ1) is 13.0. The van der Waals surface area contributed by atoms with E-state index in [1.54, 1.807) is 25.3 Å². The zero-order valence-electron chi connectivity index (χ0n) is 16.5. The molecule has 2 aromatic carbocycles. The van der Waals surface area contributed by atoms with Crippen LogP contribution in [0.25, 0.3) is 0 Å². The van der Waals surface area contributed by atoms with Crippen LogP contribution in [0.3, 0.4) is 0 Å². The number of likely N-dealkylation sites (N-methyl/N-ethyl adjacent to an activating group) is 1. The van der Waals surface area contributed by atoms with Crippen LogP contribution in [-0.2, 0) is 0 Å². The number of nitrogen functional groups attached to an aromatic ring is 1. The van der Waals surface area contributed by atoms with Crippen molar-refractivity contribution >= 4 is 11.6 Å². The maximum absolute atomic E-state index is 12.5.